The fraction of sp³-hybridized carbons (Fsp3) is 0.125. The van der Waals surface area contributed by atoms with E-state index in [0.29, 0.717) is 6.54 Å². The minimum absolute atomic E-state index is 0.0506. The zero-order chi connectivity index (χ0) is 20.8. The van der Waals surface area contributed by atoms with Gasteiger partial charge in [-0.15, -0.1) is 0 Å². The first-order valence-electron chi connectivity index (χ1n) is 9.70. The number of benzene rings is 2. The minimum Gasteiger partial charge on any atom is -0.350 e. The maximum absolute atomic E-state index is 12.4. The molecule has 0 fully saturated rings. The number of thioether (sulfide) groups is 1. The number of aryl methyl sites for hydroxylation is 1. The van der Waals surface area contributed by atoms with Crippen LogP contribution in [0.25, 0.3) is 16.9 Å². The van der Waals surface area contributed by atoms with Gasteiger partial charge in [0.15, 0.2) is 5.16 Å². The van der Waals surface area contributed by atoms with Crippen LogP contribution in [0.4, 0.5) is 0 Å². The van der Waals surface area contributed by atoms with Crippen LogP contribution < -0.4 is 5.32 Å². The van der Waals surface area contributed by atoms with Gasteiger partial charge >= 0.3 is 0 Å². The normalized spacial score (nSPS) is 10.7. The summed E-state index contributed by atoms with van der Waals surface area (Å²) < 4.78 is 2.10. The molecule has 2 heterocycles. The van der Waals surface area contributed by atoms with Crippen LogP contribution in [-0.4, -0.2) is 26.2 Å². The molecule has 0 unspecified atom stereocenters. The van der Waals surface area contributed by atoms with Crippen molar-refractivity contribution < 1.29 is 4.79 Å². The van der Waals surface area contributed by atoms with Gasteiger partial charge in [0, 0.05) is 17.4 Å². The van der Waals surface area contributed by atoms with Crippen molar-refractivity contribution >= 4 is 17.7 Å². The van der Waals surface area contributed by atoms with E-state index in [0.717, 1.165) is 27.8 Å². The van der Waals surface area contributed by atoms with Crippen molar-refractivity contribution in [3.8, 4) is 16.9 Å². The number of pyridine rings is 1. The van der Waals surface area contributed by atoms with Crippen LogP contribution in [0.15, 0.2) is 90.3 Å². The standard InChI is InChI=1S/C24H22N4OS/c1-18-10-12-21(13-11-18)28-22(19-7-3-2-4-8-19)16-27-24(28)30-17-23(29)26-15-20-9-5-6-14-25-20/h2-14,16H,15,17H2,1H3,(H,26,29). The van der Waals surface area contributed by atoms with Crippen molar-refractivity contribution in [1.82, 2.24) is 19.9 Å². The number of hydrogen-bond donors (Lipinski definition) is 1. The highest BCUT2D eigenvalue weighted by Gasteiger charge is 2.15. The van der Waals surface area contributed by atoms with Crippen molar-refractivity contribution in [2.45, 2.75) is 18.6 Å². The molecule has 0 radical (unpaired) electrons. The van der Waals surface area contributed by atoms with E-state index in [1.54, 1.807) is 6.20 Å². The van der Waals surface area contributed by atoms with Crippen molar-refractivity contribution in [2.24, 2.45) is 0 Å². The molecular weight excluding hydrogens is 392 g/mol. The molecular formula is C24H22N4OS. The zero-order valence-corrected chi connectivity index (χ0v) is 17.5. The van der Waals surface area contributed by atoms with E-state index in [1.807, 2.05) is 42.6 Å². The fourth-order valence-corrected chi connectivity index (χ4v) is 3.89. The Hall–Kier alpha value is -3.38. The second-order valence-electron chi connectivity index (χ2n) is 6.85. The van der Waals surface area contributed by atoms with Crippen LogP contribution in [0.2, 0.25) is 0 Å². The van der Waals surface area contributed by atoms with E-state index < -0.39 is 0 Å². The first-order chi connectivity index (χ1) is 14.7. The van der Waals surface area contributed by atoms with Crippen LogP contribution in [0.1, 0.15) is 11.3 Å². The molecule has 4 aromatic rings. The molecule has 150 valence electrons. The highest BCUT2D eigenvalue weighted by molar-refractivity contribution is 7.99. The number of nitrogens with zero attached hydrogens (tertiary/aromatic N) is 3. The van der Waals surface area contributed by atoms with E-state index in [4.69, 9.17) is 0 Å². The average Bonchev–Trinajstić information content (AvgIpc) is 3.22. The Bertz CT molecular complexity index is 1110. The predicted octanol–water partition coefficient (Wildman–Crippen LogP) is 4.65. The highest BCUT2D eigenvalue weighted by atomic mass is 32.2. The second-order valence-corrected chi connectivity index (χ2v) is 7.79. The van der Waals surface area contributed by atoms with Crippen LogP contribution in [-0.2, 0) is 11.3 Å². The quantitative estimate of drug-likeness (QED) is 0.447. The molecule has 0 aliphatic carbocycles. The van der Waals surface area contributed by atoms with Gasteiger partial charge in [0.25, 0.3) is 0 Å². The first-order valence-corrected chi connectivity index (χ1v) is 10.7. The van der Waals surface area contributed by atoms with E-state index >= 15 is 0 Å². The SMILES string of the molecule is Cc1ccc(-n2c(-c3ccccc3)cnc2SCC(=O)NCc2ccccn2)cc1. The maximum Gasteiger partial charge on any atom is 0.230 e. The molecule has 2 aromatic carbocycles. The summed E-state index contributed by atoms with van der Waals surface area (Å²) in [7, 11) is 0. The Kier molecular flexibility index (Phi) is 6.25. The molecule has 1 N–H and O–H groups in total. The second kappa shape index (κ2) is 9.41. The number of aromatic nitrogens is 3. The predicted molar refractivity (Wildman–Crippen MR) is 121 cm³/mol. The van der Waals surface area contributed by atoms with Crippen LogP contribution in [0.5, 0.6) is 0 Å². The van der Waals surface area contributed by atoms with Crippen LogP contribution in [0, 0.1) is 6.92 Å². The van der Waals surface area contributed by atoms with E-state index in [2.05, 4.69) is 63.2 Å². The molecule has 6 heteroatoms. The summed E-state index contributed by atoms with van der Waals surface area (Å²) in [5.74, 6) is 0.231. The molecule has 0 aliphatic rings. The number of rotatable bonds is 7. The van der Waals surface area contributed by atoms with Crippen molar-refractivity contribution in [1.29, 1.82) is 0 Å². The first kappa shape index (κ1) is 19.9. The van der Waals surface area contributed by atoms with Gasteiger partial charge in [0.1, 0.15) is 0 Å². The molecule has 4 rings (SSSR count). The number of hydrogen-bond acceptors (Lipinski definition) is 4. The number of carbonyl (C=O) groups excluding carboxylic acids is 1. The Labute approximate surface area is 180 Å². The summed E-state index contributed by atoms with van der Waals surface area (Å²) in [4.78, 5) is 21.2. The molecule has 2 aromatic heterocycles. The average molecular weight is 415 g/mol. The van der Waals surface area contributed by atoms with Gasteiger partial charge in [-0.05, 0) is 31.2 Å². The Morgan fingerprint density at radius 2 is 1.73 bits per heavy atom. The topological polar surface area (TPSA) is 59.8 Å². The van der Waals surface area contributed by atoms with Gasteiger partial charge in [0.05, 0.1) is 29.9 Å². The molecule has 5 nitrogen and oxygen atoms in total. The molecule has 0 aliphatic heterocycles. The van der Waals surface area contributed by atoms with E-state index in [9.17, 15) is 4.79 Å². The number of imidazole rings is 1. The molecule has 0 spiro atoms. The summed E-state index contributed by atoms with van der Waals surface area (Å²) in [5, 5.41) is 3.70. The van der Waals surface area contributed by atoms with Crippen molar-refractivity contribution in [2.75, 3.05) is 5.75 Å². The van der Waals surface area contributed by atoms with E-state index in [-0.39, 0.29) is 11.7 Å². The van der Waals surface area contributed by atoms with Gasteiger partial charge in [-0.2, -0.15) is 0 Å². The number of nitrogens with one attached hydrogen (secondary N) is 1. The summed E-state index contributed by atoms with van der Waals surface area (Å²) in [6, 6.07) is 24.1. The maximum atomic E-state index is 12.4. The third-order valence-corrected chi connectivity index (χ3v) is 5.57. The smallest absolute Gasteiger partial charge is 0.230 e. The highest BCUT2D eigenvalue weighted by Crippen LogP contribution is 2.29. The Morgan fingerprint density at radius 3 is 2.47 bits per heavy atom. The summed E-state index contributed by atoms with van der Waals surface area (Å²) >= 11 is 1.42. The van der Waals surface area contributed by atoms with E-state index in [1.165, 1.54) is 17.3 Å². The molecule has 0 saturated heterocycles. The summed E-state index contributed by atoms with van der Waals surface area (Å²) in [5.41, 5.74) is 5.13. The molecule has 1 amide bonds. The summed E-state index contributed by atoms with van der Waals surface area (Å²) in [6.45, 7) is 2.49. The third kappa shape index (κ3) is 4.78. The van der Waals surface area contributed by atoms with Crippen molar-refractivity contribution in [3.63, 3.8) is 0 Å². The fourth-order valence-electron chi connectivity index (χ4n) is 3.07. The Balaban J connectivity index is 1.53. The van der Waals surface area contributed by atoms with Gasteiger partial charge in [-0.3, -0.25) is 14.3 Å². The lowest BCUT2D eigenvalue weighted by molar-refractivity contribution is -0.118. The number of carbonyl (C=O) groups is 1. The van der Waals surface area contributed by atoms with Gasteiger partial charge in [-0.1, -0.05) is 65.9 Å². The molecule has 0 bridgehead atoms. The molecule has 0 saturated carbocycles. The molecule has 30 heavy (non-hydrogen) atoms. The van der Waals surface area contributed by atoms with Gasteiger partial charge < -0.3 is 5.32 Å². The third-order valence-electron chi connectivity index (χ3n) is 4.62. The van der Waals surface area contributed by atoms with Crippen LogP contribution >= 0.6 is 11.8 Å². The van der Waals surface area contributed by atoms with Crippen LogP contribution in [0.3, 0.4) is 0 Å². The number of amides is 1. The Morgan fingerprint density at radius 1 is 0.967 bits per heavy atom. The lowest BCUT2D eigenvalue weighted by atomic mass is 10.1. The monoisotopic (exact) mass is 414 g/mol. The minimum atomic E-state index is -0.0506. The molecule has 0 atom stereocenters. The van der Waals surface area contributed by atoms with Gasteiger partial charge in [-0.25, -0.2) is 4.98 Å². The lowest BCUT2D eigenvalue weighted by Crippen LogP contribution is -2.25. The zero-order valence-electron chi connectivity index (χ0n) is 16.7. The lowest BCUT2D eigenvalue weighted by Gasteiger charge is -2.12. The van der Waals surface area contributed by atoms with Crippen molar-refractivity contribution in [3.05, 3.63) is 96.4 Å². The van der Waals surface area contributed by atoms with Gasteiger partial charge in [0.2, 0.25) is 5.91 Å². The summed E-state index contributed by atoms with van der Waals surface area (Å²) in [6.07, 6.45) is 3.59. The largest absolute Gasteiger partial charge is 0.350 e.